The molecule has 1 rings (SSSR count). The zero-order valence-corrected chi connectivity index (χ0v) is 8.77. The van der Waals surface area contributed by atoms with Crippen LogP contribution in [0.1, 0.15) is 26.2 Å². The van der Waals surface area contributed by atoms with E-state index in [1.54, 1.807) is 0 Å². The van der Waals surface area contributed by atoms with Crippen molar-refractivity contribution in [3.8, 4) is 0 Å². The van der Waals surface area contributed by atoms with Crippen LogP contribution in [0, 0.1) is 5.41 Å². The number of carboxylic acid groups (broad SMARTS) is 1. The lowest BCUT2D eigenvalue weighted by Gasteiger charge is -2.39. The minimum absolute atomic E-state index is 0.0172. The van der Waals surface area contributed by atoms with E-state index in [0.29, 0.717) is 0 Å². The summed E-state index contributed by atoms with van der Waals surface area (Å²) in [7, 11) is 0. The van der Waals surface area contributed by atoms with Crippen molar-refractivity contribution in [3.05, 3.63) is 0 Å². The molecule has 0 amide bonds. The topological polar surface area (TPSA) is 63.3 Å². The van der Waals surface area contributed by atoms with Gasteiger partial charge in [0.15, 0.2) is 0 Å². The molecule has 3 N–H and O–H groups in total. The van der Waals surface area contributed by atoms with Gasteiger partial charge in [-0.2, -0.15) is 11.8 Å². The van der Waals surface area contributed by atoms with Gasteiger partial charge in [0.1, 0.15) is 0 Å². The van der Waals surface area contributed by atoms with E-state index in [1.165, 1.54) is 0 Å². The zero-order chi connectivity index (χ0) is 9.90. The molecule has 4 heteroatoms. The van der Waals surface area contributed by atoms with Crippen LogP contribution in [0.2, 0.25) is 0 Å². The van der Waals surface area contributed by atoms with Gasteiger partial charge < -0.3 is 10.8 Å². The molecular formula is C9H17NO2S. The molecular weight excluding hydrogens is 186 g/mol. The molecule has 1 fully saturated rings. The molecule has 1 heterocycles. The second-order valence-corrected chi connectivity index (χ2v) is 4.98. The molecule has 2 unspecified atom stereocenters. The minimum Gasteiger partial charge on any atom is -0.481 e. The Balaban J connectivity index is 2.67. The first-order valence-electron chi connectivity index (χ1n) is 4.62. The average molecular weight is 203 g/mol. The highest BCUT2D eigenvalue weighted by Gasteiger charge is 2.38. The molecule has 2 atom stereocenters. The maximum absolute atomic E-state index is 10.7. The van der Waals surface area contributed by atoms with Gasteiger partial charge in [-0.1, -0.05) is 0 Å². The summed E-state index contributed by atoms with van der Waals surface area (Å²) in [5.41, 5.74) is 5.72. The molecule has 0 bridgehead atoms. The van der Waals surface area contributed by atoms with E-state index in [-0.39, 0.29) is 17.9 Å². The maximum atomic E-state index is 10.7. The minimum atomic E-state index is -0.722. The van der Waals surface area contributed by atoms with Gasteiger partial charge in [-0.15, -0.1) is 0 Å². The number of carboxylic acids is 1. The number of hydrogen-bond donors (Lipinski definition) is 2. The first kappa shape index (κ1) is 10.9. The Kier molecular flexibility index (Phi) is 3.62. The van der Waals surface area contributed by atoms with E-state index in [9.17, 15) is 4.79 Å². The number of rotatable bonds is 3. The first-order valence-corrected chi connectivity index (χ1v) is 5.77. The fraction of sp³-hybridized carbons (Fsp3) is 0.889. The smallest absolute Gasteiger partial charge is 0.303 e. The van der Waals surface area contributed by atoms with E-state index < -0.39 is 5.97 Å². The summed E-state index contributed by atoms with van der Waals surface area (Å²) < 4.78 is 0. The lowest BCUT2D eigenvalue weighted by Crippen LogP contribution is -2.44. The fourth-order valence-corrected chi connectivity index (χ4v) is 3.24. The Morgan fingerprint density at radius 2 is 2.46 bits per heavy atom. The molecule has 13 heavy (non-hydrogen) atoms. The molecule has 0 spiro atoms. The average Bonchev–Trinajstić information content (AvgIpc) is 2.04. The third-order valence-electron chi connectivity index (χ3n) is 2.82. The lowest BCUT2D eigenvalue weighted by atomic mass is 9.76. The van der Waals surface area contributed by atoms with Crippen molar-refractivity contribution in [2.24, 2.45) is 11.1 Å². The van der Waals surface area contributed by atoms with E-state index in [1.807, 2.05) is 18.7 Å². The van der Waals surface area contributed by atoms with Crippen LogP contribution in [0.5, 0.6) is 0 Å². The largest absolute Gasteiger partial charge is 0.481 e. The number of aliphatic carboxylic acids is 1. The van der Waals surface area contributed by atoms with E-state index in [4.69, 9.17) is 10.8 Å². The summed E-state index contributed by atoms with van der Waals surface area (Å²) in [6.45, 7) is 1.93. The van der Waals surface area contributed by atoms with Gasteiger partial charge >= 0.3 is 5.97 Å². The van der Waals surface area contributed by atoms with Gasteiger partial charge in [0.25, 0.3) is 0 Å². The van der Waals surface area contributed by atoms with Crippen LogP contribution in [-0.2, 0) is 4.79 Å². The molecule has 3 nitrogen and oxygen atoms in total. The monoisotopic (exact) mass is 203 g/mol. The lowest BCUT2D eigenvalue weighted by molar-refractivity contribution is -0.139. The summed E-state index contributed by atoms with van der Waals surface area (Å²) in [5, 5.41) is 8.82. The standard InChI is InChI=1S/C9H17NO2S/c1-7(10)9(5-8(11)12)3-2-4-13-6-9/h7H,2-6,10H2,1H3,(H,11,12). The van der Waals surface area contributed by atoms with Gasteiger partial charge in [-0.25, -0.2) is 0 Å². The van der Waals surface area contributed by atoms with Gasteiger partial charge in [0.05, 0.1) is 6.42 Å². The van der Waals surface area contributed by atoms with Crippen LogP contribution in [0.15, 0.2) is 0 Å². The predicted molar refractivity (Wildman–Crippen MR) is 54.9 cm³/mol. The summed E-state index contributed by atoms with van der Waals surface area (Å²) in [5.74, 6) is 1.32. The third kappa shape index (κ3) is 2.61. The second kappa shape index (κ2) is 4.33. The number of hydrogen-bond acceptors (Lipinski definition) is 3. The van der Waals surface area contributed by atoms with Crippen molar-refractivity contribution in [3.63, 3.8) is 0 Å². The molecule has 1 saturated heterocycles. The molecule has 0 aromatic carbocycles. The quantitative estimate of drug-likeness (QED) is 0.726. The molecule has 76 valence electrons. The first-order chi connectivity index (χ1) is 6.07. The highest BCUT2D eigenvalue weighted by Crippen LogP contribution is 2.39. The van der Waals surface area contributed by atoms with E-state index in [2.05, 4.69) is 0 Å². The molecule has 0 aromatic heterocycles. The Bertz CT molecular complexity index is 188. The van der Waals surface area contributed by atoms with Crippen LogP contribution in [0.3, 0.4) is 0 Å². The van der Waals surface area contributed by atoms with Crippen LogP contribution >= 0.6 is 11.8 Å². The van der Waals surface area contributed by atoms with Gasteiger partial charge in [-0.05, 0) is 25.5 Å². The molecule has 0 radical (unpaired) electrons. The summed E-state index contributed by atoms with van der Waals surface area (Å²) in [6.07, 6.45) is 2.28. The Morgan fingerprint density at radius 1 is 1.77 bits per heavy atom. The van der Waals surface area contributed by atoms with Crippen LogP contribution in [-0.4, -0.2) is 28.6 Å². The van der Waals surface area contributed by atoms with Crippen LogP contribution in [0.4, 0.5) is 0 Å². The molecule has 1 aliphatic rings. The second-order valence-electron chi connectivity index (χ2n) is 3.88. The Hall–Kier alpha value is -0.220. The molecule has 0 aromatic rings. The van der Waals surface area contributed by atoms with Crippen molar-refractivity contribution in [2.75, 3.05) is 11.5 Å². The number of nitrogens with two attached hydrogens (primary N) is 1. The molecule has 1 aliphatic heterocycles. The predicted octanol–water partition coefficient (Wildman–Crippen LogP) is 1.32. The third-order valence-corrected chi connectivity index (χ3v) is 4.18. The molecule has 0 saturated carbocycles. The Labute approximate surface area is 83.1 Å². The van der Waals surface area contributed by atoms with E-state index >= 15 is 0 Å². The summed E-state index contributed by atoms with van der Waals surface area (Å²) in [6, 6.07) is -0.0172. The number of carbonyl (C=O) groups is 1. The van der Waals surface area contributed by atoms with Crippen LogP contribution < -0.4 is 5.73 Å². The maximum Gasteiger partial charge on any atom is 0.303 e. The fourth-order valence-electron chi connectivity index (χ4n) is 1.83. The van der Waals surface area contributed by atoms with Crippen molar-refractivity contribution in [2.45, 2.75) is 32.2 Å². The Morgan fingerprint density at radius 3 is 2.85 bits per heavy atom. The van der Waals surface area contributed by atoms with Gasteiger partial charge in [0.2, 0.25) is 0 Å². The van der Waals surface area contributed by atoms with Crippen molar-refractivity contribution in [1.29, 1.82) is 0 Å². The summed E-state index contributed by atoms with van der Waals surface area (Å²) >= 11 is 1.83. The van der Waals surface area contributed by atoms with Crippen molar-refractivity contribution < 1.29 is 9.90 Å². The van der Waals surface area contributed by atoms with Crippen molar-refractivity contribution >= 4 is 17.7 Å². The zero-order valence-electron chi connectivity index (χ0n) is 7.95. The van der Waals surface area contributed by atoms with E-state index in [0.717, 1.165) is 24.3 Å². The molecule has 0 aliphatic carbocycles. The van der Waals surface area contributed by atoms with Gasteiger partial charge in [0, 0.05) is 17.2 Å². The highest BCUT2D eigenvalue weighted by molar-refractivity contribution is 7.99. The highest BCUT2D eigenvalue weighted by atomic mass is 32.2. The SMILES string of the molecule is CC(N)C1(CC(=O)O)CCCSC1. The van der Waals surface area contributed by atoms with Crippen molar-refractivity contribution in [1.82, 2.24) is 0 Å². The normalized spacial score (nSPS) is 31.2. The van der Waals surface area contributed by atoms with Crippen LogP contribution in [0.25, 0.3) is 0 Å². The summed E-state index contributed by atoms with van der Waals surface area (Å²) in [4.78, 5) is 10.7. The van der Waals surface area contributed by atoms with Gasteiger partial charge in [-0.3, -0.25) is 4.79 Å². The number of thioether (sulfide) groups is 1.